The van der Waals surface area contributed by atoms with Gasteiger partial charge < -0.3 is 9.64 Å². The van der Waals surface area contributed by atoms with Crippen LogP contribution in [0.15, 0.2) is 42.5 Å². The number of hydrogen-bond acceptors (Lipinski definition) is 3. The number of carbonyl (C=O) groups excluding carboxylic acids is 1. The van der Waals surface area contributed by atoms with Crippen molar-refractivity contribution in [2.45, 2.75) is 0 Å². The number of likely N-dealkylation sites (N-methyl/N-ethyl adjacent to an activating group) is 1. The average molecular weight is 325 g/mol. The average Bonchev–Trinajstić information content (AvgIpc) is 2.46. The predicted molar refractivity (Wildman–Crippen MR) is 83.2 cm³/mol. The van der Waals surface area contributed by atoms with Crippen molar-refractivity contribution in [1.29, 1.82) is 0 Å². The molecule has 0 saturated carbocycles. The summed E-state index contributed by atoms with van der Waals surface area (Å²) in [7, 11) is 1.69. The molecule has 21 heavy (non-hydrogen) atoms. The monoisotopic (exact) mass is 324 g/mol. The quantitative estimate of drug-likeness (QED) is 0.790. The number of aromatic nitrogens is 1. The minimum atomic E-state index is -0.202. The summed E-state index contributed by atoms with van der Waals surface area (Å²) in [5.41, 5.74) is 0.313. The molecule has 0 bridgehead atoms. The van der Waals surface area contributed by atoms with E-state index < -0.39 is 0 Å². The summed E-state index contributed by atoms with van der Waals surface area (Å²) >= 11 is 11.6. The first-order valence-corrected chi connectivity index (χ1v) is 7.08. The standard InChI is InChI=1S/C15H14Cl2N2O2/c1-19(15(20)13-6-3-7-14(17)18-13)8-9-21-12-5-2-4-11(16)10-12/h2-7,10H,8-9H2,1H3. The van der Waals surface area contributed by atoms with E-state index in [0.29, 0.717) is 34.8 Å². The van der Waals surface area contributed by atoms with E-state index >= 15 is 0 Å². The minimum absolute atomic E-state index is 0.202. The summed E-state index contributed by atoms with van der Waals surface area (Å²) in [4.78, 5) is 17.6. The number of amides is 1. The lowest BCUT2D eigenvalue weighted by Crippen LogP contribution is -2.31. The molecule has 0 aliphatic carbocycles. The van der Waals surface area contributed by atoms with E-state index in [1.54, 1.807) is 37.4 Å². The summed E-state index contributed by atoms with van der Waals surface area (Å²) in [5.74, 6) is 0.469. The molecule has 0 N–H and O–H groups in total. The van der Waals surface area contributed by atoms with Gasteiger partial charge in [-0.1, -0.05) is 35.3 Å². The van der Waals surface area contributed by atoms with E-state index in [1.165, 1.54) is 4.90 Å². The molecule has 0 unspecified atom stereocenters. The van der Waals surface area contributed by atoms with Gasteiger partial charge in [0.2, 0.25) is 0 Å². The highest BCUT2D eigenvalue weighted by Crippen LogP contribution is 2.17. The highest BCUT2D eigenvalue weighted by Gasteiger charge is 2.13. The zero-order chi connectivity index (χ0) is 15.2. The maximum absolute atomic E-state index is 12.1. The number of pyridine rings is 1. The Hall–Kier alpha value is -1.78. The van der Waals surface area contributed by atoms with Crippen molar-refractivity contribution >= 4 is 29.1 Å². The Bertz CT molecular complexity index is 635. The fourth-order valence-corrected chi connectivity index (χ4v) is 2.03. The number of hydrogen-bond donors (Lipinski definition) is 0. The Morgan fingerprint density at radius 2 is 2.00 bits per heavy atom. The lowest BCUT2D eigenvalue weighted by molar-refractivity contribution is 0.0768. The van der Waals surface area contributed by atoms with Crippen LogP contribution in [-0.4, -0.2) is 36.0 Å². The fraction of sp³-hybridized carbons (Fsp3) is 0.200. The van der Waals surface area contributed by atoms with E-state index in [2.05, 4.69) is 4.98 Å². The van der Waals surface area contributed by atoms with Gasteiger partial charge in [-0.05, 0) is 30.3 Å². The van der Waals surface area contributed by atoms with Gasteiger partial charge in [0.05, 0.1) is 6.54 Å². The molecule has 1 amide bonds. The molecule has 0 radical (unpaired) electrons. The summed E-state index contributed by atoms with van der Waals surface area (Å²) in [5, 5.41) is 0.907. The zero-order valence-electron chi connectivity index (χ0n) is 11.4. The molecular weight excluding hydrogens is 311 g/mol. The first kappa shape index (κ1) is 15.6. The molecule has 0 spiro atoms. The van der Waals surface area contributed by atoms with Crippen molar-refractivity contribution in [3.8, 4) is 5.75 Å². The maximum Gasteiger partial charge on any atom is 0.272 e. The van der Waals surface area contributed by atoms with Crippen molar-refractivity contribution in [3.63, 3.8) is 0 Å². The third kappa shape index (κ3) is 4.62. The van der Waals surface area contributed by atoms with E-state index in [0.717, 1.165) is 0 Å². The number of carbonyl (C=O) groups is 1. The molecule has 1 aromatic heterocycles. The number of benzene rings is 1. The Kier molecular flexibility index (Phi) is 5.42. The molecule has 2 aromatic rings. The van der Waals surface area contributed by atoms with Gasteiger partial charge in [0.25, 0.3) is 5.91 Å². The summed E-state index contributed by atoms with van der Waals surface area (Å²) < 4.78 is 5.54. The van der Waals surface area contributed by atoms with Gasteiger partial charge in [-0.3, -0.25) is 4.79 Å². The molecule has 0 aliphatic heterocycles. The van der Waals surface area contributed by atoms with Crippen LogP contribution in [0.25, 0.3) is 0 Å². The van der Waals surface area contributed by atoms with E-state index in [9.17, 15) is 4.79 Å². The highest BCUT2D eigenvalue weighted by atomic mass is 35.5. The van der Waals surface area contributed by atoms with Gasteiger partial charge in [0.1, 0.15) is 23.2 Å². The first-order valence-electron chi connectivity index (χ1n) is 6.32. The van der Waals surface area contributed by atoms with Crippen LogP contribution in [0.4, 0.5) is 0 Å². The van der Waals surface area contributed by atoms with Crippen LogP contribution in [0, 0.1) is 0 Å². The molecule has 0 saturated heterocycles. The summed E-state index contributed by atoms with van der Waals surface area (Å²) in [6.45, 7) is 0.794. The van der Waals surface area contributed by atoms with Crippen LogP contribution in [-0.2, 0) is 0 Å². The van der Waals surface area contributed by atoms with Crippen molar-refractivity contribution in [2.75, 3.05) is 20.2 Å². The van der Waals surface area contributed by atoms with Crippen molar-refractivity contribution in [3.05, 3.63) is 58.3 Å². The molecule has 1 aromatic carbocycles. The molecule has 4 nitrogen and oxygen atoms in total. The lowest BCUT2D eigenvalue weighted by Gasteiger charge is -2.17. The van der Waals surface area contributed by atoms with Gasteiger partial charge in [0, 0.05) is 12.1 Å². The second kappa shape index (κ2) is 7.29. The number of halogens is 2. The topological polar surface area (TPSA) is 42.4 Å². The minimum Gasteiger partial charge on any atom is -0.492 e. The fourth-order valence-electron chi connectivity index (χ4n) is 1.68. The zero-order valence-corrected chi connectivity index (χ0v) is 12.9. The highest BCUT2D eigenvalue weighted by molar-refractivity contribution is 6.30. The number of rotatable bonds is 5. The third-order valence-corrected chi connectivity index (χ3v) is 3.22. The summed E-state index contributed by atoms with van der Waals surface area (Å²) in [6.07, 6.45) is 0. The largest absolute Gasteiger partial charge is 0.492 e. The Morgan fingerprint density at radius 1 is 1.24 bits per heavy atom. The van der Waals surface area contributed by atoms with Crippen LogP contribution in [0.2, 0.25) is 10.2 Å². The molecule has 0 fully saturated rings. The van der Waals surface area contributed by atoms with Gasteiger partial charge in [0.15, 0.2) is 0 Å². The van der Waals surface area contributed by atoms with Gasteiger partial charge in [-0.2, -0.15) is 0 Å². The van der Waals surface area contributed by atoms with Crippen LogP contribution in [0.1, 0.15) is 10.5 Å². The number of ether oxygens (including phenoxy) is 1. The summed E-state index contributed by atoms with van der Waals surface area (Å²) in [6, 6.07) is 12.1. The molecular formula is C15H14Cl2N2O2. The van der Waals surface area contributed by atoms with Crippen LogP contribution < -0.4 is 4.74 Å². The molecule has 1 heterocycles. The Labute approximate surface area is 133 Å². The maximum atomic E-state index is 12.1. The predicted octanol–water partition coefficient (Wildman–Crippen LogP) is 3.54. The van der Waals surface area contributed by atoms with Crippen LogP contribution in [0.3, 0.4) is 0 Å². The second-order valence-corrected chi connectivity index (χ2v) is 5.20. The van der Waals surface area contributed by atoms with Gasteiger partial charge in [-0.25, -0.2) is 4.98 Å². The normalized spacial score (nSPS) is 10.2. The van der Waals surface area contributed by atoms with Crippen LogP contribution in [0.5, 0.6) is 5.75 Å². The number of nitrogens with zero attached hydrogens (tertiary/aromatic N) is 2. The van der Waals surface area contributed by atoms with Crippen molar-refractivity contribution < 1.29 is 9.53 Å². The Morgan fingerprint density at radius 3 is 2.71 bits per heavy atom. The van der Waals surface area contributed by atoms with Crippen molar-refractivity contribution in [1.82, 2.24) is 9.88 Å². The first-order chi connectivity index (χ1) is 10.1. The molecule has 0 aliphatic rings. The van der Waals surface area contributed by atoms with E-state index in [1.807, 2.05) is 12.1 Å². The van der Waals surface area contributed by atoms with Crippen LogP contribution >= 0.6 is 23.2 Å². The molecule has 2 rings (SSSR count). The van der Waals surface area contributed by atoms with Gasteiger partial charge in [-0.15, -0.1) is 0 Å². The van der Waals surface area contributed by atoms with Gasteiger partial charge >= 0.3 is 0 Å². The Balaban J connectivity index is 1.87. The van der Waals surface area contributed by atoms with E-state index in [-0.39, 0.29) is 5.91 Å². The van der Waals surface area contributed by atoms with E-state index in [4.69, 9.17) is 27.9 Å². The lowest BCUT2D eigenvalue weighted by atomic mass is 10.3. The SMILES string of the molecule is CN(CCOc1cccc(Cl)c1)C(=O)c1cccc(Cl)n1. The molecule has 6 heteroatoms. The van der Waals surface area contributed by atoms with Crippen molar-refractivity contribution in [2.24, 2.45) is 0 Å². The third-order valence-electron chi connectivity index (χ3n) is 2.77. The molecule has 0 atom stereocenters. The second-order valence-electron chi connectivity index (χ2n) is 4.38. The smallest absolute Gasteiger partial charge is 0.272 e. The molecule has 110 valence electrons.